The van der Waals surface area contributed by atoms with Gasteiger partial charge in [-0.3, -0.25) is 19.2 Å². The summed E-state index contributed by atoms with van der Waals surface area (Å²) in [5, 5.41) is 52.7. The van der Waals surface area contributed by atoms with Gasteiger partial charge < -0.3 is 43.4 Å². The van der Waals surface area contributed by atoms with Crippen molar-refractivity contribution in [2.24, 2.45) is 0 Å². The summed E-state index contributed by atoms with van der Waals surface area (Å²) < 4.78 is 14.4. The second kappa shape index (κ2) is 46.5. The molecule has 670 valence electrons. The number of fused-ring (bicyclic) bond motifs is 16. The number of nitrogens with zero attached hydrogens (tertiary/aromatic N) is 8. The van der Waals surface area contributed by atoms with Crippen LogP contribution in [0.2, 0.25) is 19.6 Å². The molecule has 17 nitrogen and oxygen atoms in total. The molecule has 20 aromatic rings. The minimum absolute atomic E-state index is 0. The van der Waals surface area contributed by atoms with Crippen LogP contribution in [-0.4, -0.2) is 96.9 Å². The number of aromatic nitrogens is 8. The van der Waals surface area contributed by atoms with E-state index >= 15 is 0 Å². The number of aliphatic hydroxyl groups excluding tert-OH is 4. The molecule has 8 heterocycles. The quantitative estimate of drug-likeness (QED) is 0.0433. The fourth-order valence-corrected chi connectivity index (χ4v) is 17.0. The maximum atomic E-state index is 10.0. The van der Waals surface area contributed by atoms with Gasteiger partial charge in [-0.15, -0.1) is 21.5 Å². The fourth-order valence-electron chi connectivity index (χ4n) is 15.5. The molecule has 0 unspecified atom stereocenters. The van der Waals surface area contributed by atoms with Gasteiger partial charge in [0.2, 0.25) is 0 Å². The molecular formula is C109H96Ir4N8O9Si-4. The molecule has 22 heteroatoms. The Balaban J connectivity index is 0.000000177. The van der Waals surface area contributed by atoms with Crippen LogP contribution in [0.25, 0.3) is 154 Å². The number of carbonyl (C=O) groups is 4. The molecule has 12 aromatic carbocycles. The molecule has 20 rings (SSSR count). The van der Waals surface area contributed by atoms with Crippen molar-refractivity contribution in [2.45, 2.75) is 82.0 Å². The van der Waals surface area contributed by atoms with E-state index in [-0.39, 0.29) is 127 Å². The molecule has 0 spiro atoms. The number of para-hydroxylation sites is 9. The van der Waals surface area contributed by atoms with Gasteiger partial charge >= 0.3 is 0 Å². The number of methoxy groups -OCH3 is 1. The van der Waals surface area contributed by atoms with E-state index in [0.29, 0.717) is 0 Å². The molecule has 131 heavy (non-hydrogen) atoms. The van der Waals surface area contributed by atoms with Gasteiger partial charge in [0, 0.05) is 166 Å². The molecular weight excluding hydrogens is 2360 g/mol. The molecule has 8 aromatic heterocycles. The van der Waals surface area contributed by atoms with E-state index in [1.165, 1.54) is 155 Å². The van der Waals surface area contributed by atoms with Crippen molar-refractivity contribution < 1.29 is 125 Å². The number of carbonyl (C=O) groups excluding carboxylic acids is 4. The van der Waals surface area contributed by atoms with Crippen LogP contribution in [0, 0.1) is 31.2 Å². The van der Waals surface area contributed by atoms with E-state index in [1.54, 1.807) is 13.3 Å². The van der Waals surface area contributed by atoms with Crippen LogP contribution in [0.15, 0.2) is 345 Å². The maximum absolute atomic E-state index is 10.0. The third-order valence-electron chi connectivity index (χ3n) is 20.5. The second-order valence-electron chi connectivity index (χ2n) is 31.4. The zero-order valence-electron chi connectivity index (χ0n) is 74.3. The summed E-state index contributed by atoms with van der Waals surface area (Å²) in [6, 6.07) is 110. The first-order valence-electron chi connectivity index (χ1n) is 41.3. The van der Waals surface area contributed by atoms with Crippen molar-refractivity contribution in [3.05, 3.63) is 375 Å². The summed E-state index contributed by atoms with van der Waals surface area (Å²) in [5.74, 6) is 4.30. The van der Waals surface area contributed by atoms with E-state index < -0.39 is 8.07 Å². The number of pyridine rings is 4. The van der Waals surface area contributed by atoms with Crippen molar-refractivity contribution in [2.75, 3.05) is 7.11 Å². The van der Waals surface area contributed by atoms with E-state index in [4.69, 9.17) is 45.1 Å². The third kappa shape index (κ3) is 24.0. The van der Waals surface area contributed by atoms with Crippen LogP contribution >= 0.6 is 0 Å². The van der Waals surface area contributed by atoms with E-state index in [2.05, 4.69) is 288 Å². The van der Waals surface area contributed by atoms with Crippen molar-refractivity contribution in [3.8, 4) is 29.0 Å². The Morgan fingerprint density at radius 3 is 1.04 bits per heavy atom. The minimum atomic E-state index is -1.49. The Bertz CT molecular complexity index is 7330. The summed E-state index contributed by atoms with van der Waals surface area (Å²) in [5.41, 5.74) is 11.1. The number of allylic oxidation sites excluding steroid dienone is 8. The Labute approximate surface area is 815 Å². The molecule has 0 saturated heterocycles. The zero-order chi connectivity index (χ0) is 90.2. The standard InChI is InChI=1S/C24H21N2Si.C22H15N2O.C22H15N2.C21H13N2.4C5H8O2.4Ir/c1-27(2,3)23-16-25-24(20-13-5-4-12-19(20)23)26-21-14-8-6-10-17(21)18-11-7-9-15-22(18)26;1-25-21-14-23-22(18-11-3-2-10-17(18)21)24-19-12-6-4-8-15(19)16-9-5-7-13-20(16)24;1-15-10-11-16-12-13-23-22(19(16)14-15)24-20-8-4-2-6-17(20)18-7-3-5-9-21(18)24;1-4-10-18-15(7-1)13-14-21(22-18)23-19-11-5-2-8-16(19)17-9-3-6-12-20(17)23;4*1-4(6)3-5(2)7;;;;/h4-14,16H,1-3H3;2-12,14H,1H3;2-8,10-14H,1H3;1-11,13-14H;4*3,6H,1-2H3;;;;/q4*-1;;;;;;;;. The minimum Gasteiger partial charge on any atom is -0.512 e. The van der Waals surface area contributed by atoms with Crippen LogP contribution in [-0.2, 0) is 99.6 Å². The van der Waals surface area contributed by atoms with Gasteiger partial charge in [0.05, 0.1) is 49.9 Å². The molecule has 4 radical (unpaired) electrons. The molecule has 0 bridgehead atoms. The van der Waals surface area contributed by atoms with Crippen molar-refractivity contribution in [1.29, 1.82) is 0 Å². The van der Waals surface area contributed by atoms with Crippen LogP contribution in [0.1, 0.15) is 61.0 Å². The van der Waals surface area contributed by atoms with E-state index in [0.717, 1.165) is 94.7 Å². The van der Waals surface area contributed by atoms with Crippen LogP contribution < -0.4 is 9.92 Å². The predicted octanol–water partition coefficient (Wildman–Crippen LogP) is 25.5. The fraction of sp³-hybridized carbons (Fsp3) is 0.119. The largest absolute Gasteiger partial charge is 0.512 e. The first-order valence-corrected chi connectivity index (χ1v) is 44.8. The number of ether oxygens (including phenoxy) is 1. The monoisotopic (exact) mass is 2460 g/mol. The normalized spacial score (nSPS) is 11.3. The van der Waals surface area contributed by atoms with Crippen molar-refractivity contribution >= 4 is 167 Å². The maximum Gasteiger partial charge on any atom is 0.155 e. The average Bonchev–Trinajstić information content (AvgIpc) is 1.49. The average molecular weight is 2460 g/mol. The first kappa shape index (κ1) is 102. The van der Waals surface area contributed by atoms with Gasteiger partial charge in [-0.05, 0) is 154 Å². The van der Waals surface area contributed by atoms with Crippen LogP contribution in [0.4, 0.5) is 0 Å². The summed E-state index contributed by atoms with van der Waals surface area (Å²) >= 11 is 0. The van der Waals surface area contributed by atoms with Crippen LogP contribution in [0.5, 0.6) is 5.75 Å². The van der Waals surface area contributed by atoms with Gasteiger partial charge in [0.1, 0.15) is 29.0 Å². The topological polar surface area (TPSA) is 230 Å². The smallest absolute Gasteiger partial charge is 0.155 e. The zero-order valence-corrected chi connectivity index (χ0v) is 84.9. The van der Waals surface area contributed by atoms with Crippen molar-refractivity contribution in [3.63, 3.8) is 0 Å². The molecule has 4 N–H and O–H groups in total. The van der Waals surface area contributed by atoms with Gasteiger partial charge in [-0.25, -0.2) is 19.9 Å². The number of hydrogen-bond donors (Lipinski definition) is 4. The Morgan fingerprint density at radius 2 is 0.656 bits per heavy atom. The number of hydrogen-bond acceptors (Lipinski definition) is 13. The molecule has 0 aliphatic carbocycles. The van der Waals surface area contributed by atoms with Gasteiger partial charge in [0.15, 0.2) is 23.1 Å². The molecule has 0 aliphatic heterocycles. The number of benzene rings is 12. The Morgan fingerprint density at radius 1 is 0.336 bits per heavy atom. The van der Waals surface area contributed by atoms with Gasteiger partial charge in [-0.1, -0.05) is 199 Å². The summed E-state index contributed by atoms with van der Waals surface area (Å²) in [6.45, 7) is 20.7. The summed E-state index contributed by atoms with van der Waals surface area (Å²) in [7, 11) is 0.185. The first-order chi connectivity index (χ1) is 61.2. The molecule has 0 amide bonds. The molecule has 0 saturated carbocycles. The van der Waals surface area contributed by atoms with E-state index in [9.17, 15) is 19.2 Å². The summed E-state index contributed by atoms with van der Waals surface area (Å²) in [4.78, 5) is 59.4. The molecule has 0 aliphatic rings. The molecule has 0 fully saturated rings. The number of ketones is 4. The number of aryl methyl sites for hydroxylation is 1. The Kier molecular flexibility index (Phi) is 36.1. The third-order valence-corrected chi connectivity index (χ3v) is 22.5. The predicted molar refractivity (Wildman–Crippen MR) is 522 cm³/mol. The van der Waals surface area contributed by atoms with Crippen LogP contribution in [0.3, 0.4) is 0 Å². The Hall–Kier alpha value is -13.1. The second-order valence-corrected chi connectivity index (χ2v) is 36.5. The van der Waals surface area contributed by atoms with Crippen molar-refractivity contribution in [1.82, 2.24) is 38.2 Å². The SMILES string of the molecule is CC(=O)C=C(C)O.CC(=O)C=C(C)O.CC(=O)C=C(C)O.CC(=O)C=C(C)O.COc1cnc(-n2c3[c-]cccc3c3ccccc32)c2ccccc12.C[Si](C)(C)c1cnc(-n2c3[c-]cccc3c3ccccc32)c2ccccc12.Cc1ccc2ccnc(-n3c4[c-]cccc4c4ccccc43)c2c1.[Ir].[Ir].[Ir].[Ir].[c-]1cccc2c3ccccc3n(-c3ccc4ccccc4n3)c12. The van der Waals surface area contributed by atoms with E-state index in [1.807, 2.05) is 72.9 Å². The van der Waals surface area contributed by atoms with Gasteiger partial charge in [0.25, 0.3) is 0 Å². The number of rotatable bonds is 10. The molecule has 0 atom stereocenters. The van der Waals surface area contributed by atoms with Gasteiger partial charge in [-0.2, -0.15) is 97.1 Å². The summed E-state index contributed by atoms with van der Waals surface area (Å²) in [6.07, 6.45) is 10.4. The number of aliphatic hydroxyl groups is 4.